The minimum Gasteiger partial charge on any atom is -0.247 e. The molecule has 23 heavy (non-hydrogen) atoms. The molecule has 1 aliphatic rings. The van der Waals surface area contributed by atoms with Crippen molar-refractivity contribution in [3.8, 4) is 6.07 Å². The van der Waals surface area contributed by atoms with Crippen LogP contribution in [-0.4, -0.2) is 18.4 Å². The summed E-state index contributed by atoms with van der Waals surface area (Å²) in [5.74, 6) is 0.0884. The van der Waals surface area contributed by atoms with Crippen molar-refractivity contribution >= 4 is 16.0 Å². The number of anilines is 1. The molecule has 0 saturated heterocycles. The quantitative estimate of drug-likeness (QED) is 0.933. The molecule has 6 nitrogen and oxygen atoms in total. The fraction of sp³-hybridized carbons (Fsp3) is 0.312. The van der Waals surface area contributed by atoms with Crippen molar-refractivity contribution in [1.29, 1.82) is 5.26 Å². The topological polar surface area (TPSA) is 95.7 Å². The molecule has 0 aliphatic heterocycles. The number of hydrogen-bond donors (Lipinski definition) is 1. The van der Waals surface area contributed by atoms with E-state index in [4.69, 9.17) is 5.26 Å². The van der Waals surface area contributed by atoms with E-state index in [1.54, 1.807) is 6.07 Å². The van der Waals surface area contributed by atoms with E-state index >= 15 is 0 Å². The Bertz CT molecular complexity index is 901. The zero-order chi connectivity index (χ0) is 16.4. The lowest BCUT2D eigenvalue weighted by molar-refractivity contribution is 0.600. The Hall–Kier alpha value is -2.46. The van der Waals surface area contributed by atoms with Crippen molar-refractivity contribution in [2.75, 3.05) is 4.72 Å². The second-order valence-electron chi connectivity index (χ2n) is 5.51. The highest BCUT2D eigenvalue weighted by molar-refractivity contribution is 7.92. The molecule has 1 aromatic carbocycles. The summed E-state index contributed by atoms with van der Waals surface area (Å²) in [5, 5.41) is 8.90. The van der Waals surface area contributed by atoms with E-state index in [-0.39, 0.29) is 16.4 Å². The number of aromatic nitrogens is 2. The maximum Gasteiger partial charge on any atom is 0.264 e. The van der Waals surface area contributed by atoms with Gasteiger partial charge in [0.1, 0.15) is 0 Å². The molecule has 1 N–H and O–H groups in total. The van der Waals surface area contributed by atoms with E-state index in [1.165, 1.54) is 18.2 Å². The summed E-state index contributed by atoms with van der Waals surface area (Å²) in [7, 11) is -3.82. The average Bonchev–Trinajstić information content (AvgIpc) is 2.54. The highest BCUT2D eigenvalue weighted by Crippen LogP contribution is 2.24. The summed E-state index contributed by atoms with van der Waals surface area (Å²) < 4.78 is 27.3. The molecule has 0 unspecified atom stereocenters. The molecule has 2 aromatic rings. The summed E-state index contributed by atoms with van der Waals surface area (Å²) >= 11 is 0. The molecule has 7 heteroatoms. The Kier molecular flexibility index (Phi) is 4.01. The molecule has 1 aliphatic carbocycles. The van der Waals surface area contributed by atoms with Crippen LogP contribution in [0.3, 0.4) is 0 Å². The summed E-state index contributed by atoms with van der Waals surface area (Å²) in [6, 6.07) is 7.78. The van der Waals surface area contributed by atoms with Gasteiger partial charge in [-0.15, -0.1) is 0 Å². The number of hydrogen-bond acceptors (Lipinski definition) is 5. The third-order valence-corrected chi connectivity index (χ3v) is 5.21. The Labute approximate surface area is 135 Å². The van der Waals surface area contributed by atoms with Gasteiger partial charge in [-0.2, -0.15) is 5.26 Å². The minimum atomic E-state index is -3.82. The molecule has 0 bridgehead atoms. The predicted octanol–water partition coefficient (Wildman–Crippen LogP) is 2.34. The molecule has 0 atom stereocenters. The van der Waals surface area contributed by atoms with E-state index in [0.717, 1.165) is 42.6 Å². The predicted molar refractivity (Wildman–Crippen MR) is 85.4 cm³/mol. The summed E-state index contributed by atoms with van der Waals surface area (Å²) in [4.78, 5) is 8.66. The zero-order valence-electron chi connectivity index (χ0n) is 12.7. The molecule has 0 radical (unpaired) electrons. The number of aryl methyl sites for hydroxylation is 2. The average molecular weight is 328 g/mol. The van der Waals surface area contributed by atoms with Crippen molar-refractivity contribution in [2.24, 2.45) is 0 Å². The lowest BCUT2D eigenvalue weighted by Crippen LogP contribution is -2.18. The minimum absolute atomic E-state index is 0.0236. The number of benzene rings is 1. The largest absolute Gasteiger partial charge is 0.264 e. The molecule has 0 amide bonds. The van der Waals surface area contributed by atoms with Gasteiger partial charge in [0.25, 0.3) is 10.0 Å². The number of nitrogens with zero attached hydrogens (tertiary/aromatic N) is 3. The highest BCUT2D eigenvalue weighted by atomic mass is 32.2. The molecule has 0 spiro atoms. The third-order valence-electron chi connectivity index (χ3n) is 3.89. The molecular weight excluding hydrogens is 312 g/mol. The van der Waals surface area contributed by atoms with Crippen LogP contribution in [0.25, 0.3) is 0 Å². The number of nitriles is 1. The number of fused-ring (bicyclic) bond motifs is 1. The monoisotopic (exact) mass is 328 g/mol. The first-order valence-corrected chi connectivity index (χ1v) is 8.87. The molecule has 1 heterocycles. The van der Waals surface area contributed by atoms with Crippen LogP contribution >= 0.6 is 0 Å². The number of nitrogens with one attached hydrogen (secondary N) is 1. The Morgan fingerprint density at radius 1 is 1.22 bits per heavy atom. The van der Waals surface area contributed by atoms with Gasteiger partial charge in [0.05, 0.1) is 16.5 Å². The van der Waals surface area contributed by atoms with E-state index < -0.39 is 10.0 Å². The van der Waals surface area contributed by atoms with Gasteiger partial charge in [0.2, 0.25) is 5.95 Å². The highest BCUT2D eigenvalue weighted by Gasteiger charge is 2.20. The Morgan fingerprint density at radius 2 is 2.00 bits per heavy atom. The summed E-state index contributed by atoms with van der Waals surface area (Å²) in [6.45, 7) is 1.87. The zero-order valence-corrected chi connectivity index (χ0v) is 13.5. The Balaban J connectivity index is 1.94. The molecule has 0 fully saturated rings. The fourth-order valence-corrected chi connectivity index (χ4v) is 3.73. The summed E-state index contributed by atoms with van der Waals surface area (Å²) in [6.07, 6.45) is 3.96. The van der Waals surface area contributed by atoms with Gasteiger partial charge in [-0.05, 0) is 56.4 Å². The first-order chi connectivity index (χ1) is 11.0. The van der Waals surface area contributed by atoms with Crippen molar-refractivity contribution < 1.29 is 8.42 Å². The van der Waals surface area contributed by atoms with Crippen LogP contribution < -0.4 is 4.72 Å². The van der Waals surface area contributed by atoms with Crippen LogP contribution in [0.4, 0.5) is 5.95 Å². The molecule has 118 valence electrons. The van der Waals surface area contributed by atoms with Gasteiger partial charge in [-0.1, -0.05) is 6.07 Å². The molecule has 3 rings (SSSR count). The van der Waals surface area contributed by atoms with Gasteiger partial charge in [-0.25, -0.2) is 23.1 Å². The van der Waals surface area contributed by atoms with Crippen molar-refractivity contribution in [1.82, 2.24) is 9.97 Å². The third kappa shape index (κ3) is 3.17. The van der Waals surface area contributed by atoms with Crippen molar-refractivity contribution in [3.63, 3.8) is 0 Å². The number of sulfonamides is 1. The second kappa shape index (κ2) is 5.97. The van der Waals surface area contributed by atoms with Crippen molar-refractivity contribution in [3.05, 3.63) is 46.8 Å². The second-order valence-corrected chi connectivity index (χ2v) is 7.19. The first-order valence-electron chi connectivity index (χ1n) is 7.39. The van der Waals surface area contributed by atoms with Crippen LogP contribution in [0.5, 0.6) is 0 Å². The maximum absolute atomic E-state index is 12.4. The van der Waals surface area contributed by atoms with Crippen molar-refractivity contribution in [2.45, 2.75) is 37.5 Å². The van der Waals surface area contributed by atoms with E-state index in [2.05, 4.69) is 14.7 Å². The van der Waals surface area contributed by atoms with E-state index in [0.29, 0.717) is 0 Å². The number of rotatable bonds is 3. The standard InChI is InChI=1S/C16H16N4O2S/c1-11-14-7-2-3-8-15(14)19-16(18-11)20-23(21,22)13-6-4-5-12(9-13)10-17/h4-6,9H,2-3,7-8H2,1H3,(H,18,19,20). The maximum atomic E-state index is 12.4. The molecule has 0 saturated carbocycles. The van der Waals surface area contributed by atoms with Crippen LogP contribution in [0.2, 0.25) is 0 Å². The smallest absolute Gasteiger partial charge is 0.247 e. The van der Waals surface area contributed by atoms with Gasteiger partial charge >= 0.3 is 0 Å². The lowest BCUT2D eigenvalue weighted by atomic mass is 9.95. The van der Waals surface area contributed by atoms with Crippen LogP contribution in [-0.2, 0) is 22.9 Å². The molecule has 1 aromatic heterocycles. The SMILES string of the molecule is Cc1nc(NS(=O)(=O)c2cccc(C#N)c2)nc2c1CCCC2. The Morgan fingerprint density at radius 3 is 2.78 bits per heavy atom. The van der Waals surface area contributed by atoms with Gasteiger partial charge in [0, 0.05) is 11.4 Å². The first kappa shape index (κ1) is 15.4. The normalized spacial score (nSPS) is 13.9. The van der Waals surface area contributed by atoms with Crippen LogP contribution in [0, 0.1) is 18.3 Å². The van der Waals surface area contributed by atoms with Gasteiger partial charge in [-0.3, -0.25) is 0 Å². The van der Waals surface area contributed by atoms with Gasteiger partial charge < -0.3 is 0 Å². The van der Waals surface area contributed by atoms with E-state index in [1.807, 2.05) is 13.0 Å². The van der Waals surface area contributed by atoms with E-state index in [9.17, 15) is 8.42 Å². The van der Waals surface area contributed by atoms with Crippen LogP contribution in [0.1, 0.15) is 35.4 Å². The van der Waals surface area contributed by atoms with Crippen LogP contribution in [0.15, 0.2) is 29.2 Å². The summed E-state index contributed by atoms with van der Waals surface area (Å²) in [5.41, 5.74) is 3.16. The lowest BCUT2D eigenvalue weighted by Gasteiger charge is -2.17. The van der Waals surface area contributed by atoms with Gasteiger partial charge in [0.15, 0.2) is 0 Å². The molecular formula is C16H16N4O2S. The fourth-order valence-electron chi connectivity index (χ4n) is 2.74.